The molecule has 11 heteroatoms. The number of aliphatic carboxylic acids is 1. The second-order valence-corrected chi connectivity index (χ2v) is 9.75. The fraction of sp³-hybridized carbons (Fsp3) is 0.273. The fourth-order valence-electron chi connectivity index (χ4n) is 4.07. The van der Waals surface area contributed by atoms with Crippen molar-refractivity contribution in [2.45, 2.75) is 36.4 Å². The zero-order chi connectivity index (χ0) is 24.0. The van der Waals surface area contributed by atoms with Crippen LogP contribution in [0.5, 0.6) is 0 Å². The average Bonchev–Trinajstić information content (AvgIpc) is 3.24. The van der Waals surface area contributed by atoms with Crippen molar-refractivity contribution >= 4 is 26.9 Å². The van der Waals surface area contributed by atoms with Crippen LogP contribution in [0.2, 0.25) is 0 Å². The summed E-state index contributed by atoms with van der Waals surface area (Å²) in [7, 11) is -3.98. The lowest BCUT2D eigenvalue weighted by Crippen LogP contribution is -2.40. The van der Waals surface area contributed by atoms with Gasteiger partial charge in [-0.2, -0.15) is 17.5 Å². The number of carbonyl (C=O) groups is 1. The second kappa shape index (κ2) is 8.31. The Kier molecular flexibility index (Phi) is 5.79. The van der Waals surface area contributed by atoms with E-state index in [1.165, 1.54) is 24.3 Å². The average molecular weight is 480 g/mol. The Morgan fingerprint density at radius 1 is 1.09 bits per heavy atom. The first kappa shape index (κ1) is 23.0. The molecule has 2 heterocycles. The molecule has 0 spiro atoms. The summed E-state index contributed by atoms with van der Waals surface area (Å²) in [5.41, 5.74) is -0.604. The van der Waals surface area contributed by atoms with E-state index in [0.29, 0.717) is 23.6 Å². The van der Waals surface area contributed by atoms with Crippen molar-refractivity contribution < 1.29 is 31.5 Å². The maximum absolute atomic E-state index is 13.4. The molecule has 1 aliphatic rings. The van der Waals surface area contributed by atoms with Crippen molar-refractivity contribution in [3.8, 4) is 0 Å². The molecule has 1 unspecified atom stereocenters. The number of aromatic amines is 1. The zero-order valence-corrected chi connectivity index (χ0v) is 17.9. The normalized spacial score (nSPS) is 17.5. The quantitative estimate of drug-likeness (QED) is 0.582. The molecule has 0 saturated carbocycles. The molecule has 1 atom stereocenters. The van der Waals surface area contributed by atoms with Gasteiger partial charge < -0.3 is 10.1 Å². The highest BCUT2D eigenvalue weighted by atomic mass is 32.2. The van der Waals surface area contributed by atoms with Gasteiger partial charge in [0.15, 0.2) is 0 Å². The molecule has 2 aromatic carbocycles. The molecule has 0 amide bonds. The minimum absolute atomic E-state index is 0.0464. The number of carboxylic acids is 1. The summed E-state index contributed by atoms with van der Waals surface area (Å²) in [5, 5.41) is 9.13. The first-order chi connectivity index (χ1) is 15.5. The third-order valence-corrected chi connectivity index (χ3v) is 7.56. The molecule has 0 bridgehead atoms. The molecular weight excluding hydrogens is 461 g/mol. The summed E-state index contributed by atoms with van der Waals surface area (Å²) in [6.07, 6.45) is -3.75. The number of carboxylic acid groups (broad SMARTS) is 1. The highest BCUT2D eigenvalue weighted by Gasteiger charge is 2.39. The number of nitrogens with zero attached hydrogens (tertiary/aromatic N) is 1. The molecular formula is C22H19F3N2O5S. The lowest BCUT2D eigenvalue weighted by molar-refractivity contribution is -0.140. The zero-order valence-electron chi connectivity index (χ0n) is 17.1. The first-order valence-electron chi connectivity index (χ1n) is 10.0. The number of hydrogen-bond acceptors (Lipinski definition) is 4. The monoisotopic (exact) mass is 480 g/mol. The van der Waals surface area contributed by atoms with Crippen LogP contribution in [-0.2, 0) is 27.4 Å². The molecule has 7 nitrogen and oxygen atoms in total. The topological polar surface area (TPSA) is 108 Å². The Balaban J connectivity index is 1.61. The van der Waals surface area contributed by atoms with Crippen LogP contribution >= 0.6 is 0 Å². The van der Waals surface area contributed by atoms with Crippen LogP contribution in [0.3, 0.4) is 0 Å². The lowest BCUT2D eigenvalue weighted by Gasteiger charge is -2.21. The van der Waals surface area contributed by atoms with Crippen molar-refractivity contribution in [3.05, 3.63) is 75.6 Å². The molecule has 33 heavy (non-hydrogen) atoms. The number of fused-ring (bicyclic) bond motifs is 1. The number of benzene rings is 2. The molecule has 3 aromatic rings. The van der Waals surface area contributed by atoms with Gasteiger partial charge in [-0.15, -0.1) is 0 Å². The van der Waals surface area contributed by atoms with E-state index in [4.69, 9.17) is 0 Å². The van der Waals surface area contributed by atoms with E-state index in [-0.39, 0.29) is 35.2 Å². The summed E-state index contributed by atoms with van der Waals surface area (Å²) >= 11 is 0. The SMILES string of the molecule is O=C(O)C1CCCN1S(=O)(=O)c1ccc(Cc2ccc3[nH]c(=O)cc(C(F)(F)F)c3c2)cc1. The van der Waals surface area contributed by atoms with Gasteiger partial charge in [-0.05, 0) is 54.7 Å². The Bertz CT molecular complexity index is 1380. The van der Waals surface area contributed by atoms with Crippen molar-refractivity contribution in [3.63, 3.8) is 0 Å². The van der Waals surface area contributed by atoms with E-state index < -0.39 is 39.3 Å². The minimum Gasteiger partial charge on any atom is -0.480 e. The molecule has 0 radical (unpaired) electrons. The highest BCUT2D eigenvalue weighted by molar-refractivity contribution is 7.89. The van der Waals surface area contributed by atoms with Gasteiger partial charge in [0.05, 0.1) is 10.5 Å². The van der Waals surface area contributed by atoms with Gasteiger partial charge in [-0.1, -0.05) is 18.2 Å². The molecule has 0 aliphatic carbocycles. The van der Waals surface area contributed by atoms with Crippen LogP contribution in [0.15, 0.2) is 58.2 Å². The highest BCUT2D eigenvalue weighted by Crippen LogP contribution is 2.34. The van der Waals surface area contributed by atoms with Crippen molar-refractivity contribution in [2.24, 2.45) is 0 Å². The Hall–Kier alpha value is -3.18. The van der Waals surface area contributed by atoms with E-state index in [0.717, 1.165) is 4.31 Å². The van der Waals surface area contributed by atoms with Crippen LogP contribution in [0, 0.1) is 0 Å². The van der Waals surface area contributed by atoms with Gasteiger partial charge >= 0.3 is 12.1 Å². The number of H-pyrrole nitrogens is 1. The van der Waals surface area contributed by atoms with Gasteiger partial charge in [0.25, 0.3) is 0 Å². The molecule has 174 valence electrons. The Morgan fingerprint density at radius 2 is 1.76 bits per heavy atom. The molecule has 2 N–H and O–H groups in total. The predicted octanol–water partition coefficient (Wildman–Crippen LogP) is 3.38. The summed E-state index contributed by atoms with van der Waals surface area (Å²) in [5.74, 6) is -1.19. The smallest absolute Gasteiger partial charge is 0.417 e. The van der Waals surface area contributed by atoms with Crippen LogP contribution in [0.25, 0.3) is 10.9 Å². The van der Waals surface area contributed by atoms with Gasteiger partial charge in [0.2, 0.25) is 15.6 Å². The van der Waals surface area contributed by atoms with E-state index in [9.17, 15) is 36.3 Å². The van der Waals surface area contributed by atoms with E-state index in [1.54, 1.807) is 18.2 Å². The minimum atomic E-state index is -4.69. The molecule has 1 fully saturated rings. The van der Waals surface area contributed by atoms with Crippen molar-refractivity contribution in [1.82, 2.24) is 9.29 Å². The van der Waals surface area contributed by atoms with E-state index in [1.807, 2.05) is 0 Å². The number of hydrogen-bond donors (Lipinski definition) is 2. The van der Waals surface area contributed by atoms with Gasteiger partial charge in [0.1, 0.15) is 6.04 Å². The number of aromatic nitrogens is 1. The van der Waals surface area contributed by atoms with Gasteiger partial charge in [-0.25, -0.2) is 8.42 Å². The van der Waals surface area contributed by atoms with Crippen LogP contribution < -0.4 is 5.56 Å². The largest absolute Gasteiger partial charge is 0.480 e. The Morgan fingerprint density at radius 3 is 2.39 bits per heavy atom. The molecule has 4 rings (SSSR count). The fourth-order valence-corrected chi connectivity index (χ4v) is 5.72. The Labute approximate surface area is 186 Å². The van der Waals surface area contributed by atoms with Crippen molar-refractivity contribution in [1.29, 1.82) is 0 Å². The number of halogens is 3. The third kappa shape index (κ3) is 4.51. The molecule has 1 saturated heterocycles. The van der Waals surface area contributed by atoms with E-state index in [2.05, 4.69) is 4.98 Å². The second-order valence-electron chi connectivity index (χ2n) is 7.86. The van der Waals surface area contributed by atoms with Crippen LogP contribution in [0.4, 0.5) is 13.2 Å². The number of alkyl halides is 3. The van der Waals surface area contributed by atoms with Crippen LogP contribution in [0.1, 0.15) is 29.5 Å². The van der Waals surface area contributed by atoms with Gasteiger partial charge in [-0.3, -0.25) is 9.59 Å². The number of sulfonamides is 1. The number of nitrogens with one attached hydrogen (secondary N) is 1. The predicted molar refractivity (Wildman–Crippen MR) is 113 cm³/mol. The summed E-state index contributed by atoms with van der Waals surface area (Å²) in [4.78, 5) is 25.2. The summed E-state index contributed by atoms with van der Waals surface area (Å²) < 4.78 is 66.8. The third-order valence-electron chi connectivity index (χ3n) is 5.64. The summed E-state index contributed by atoms with van der Waals surface area (Å²) in [6, 6.07) is 9.57. The number of rotatable bonds is 5. The molecule has 1 aromatic heterocycles. The molecule has 1 aliphatic heterocycles. The maximum atomic E-state index is 13.4. The standard InChI is InChI=1S/C22H19F3N2O5S/c23-22(24,25)17-12-20(28)26-18-8-5-14(11-16(17)18)10-13-3-6-15(7-4-13)33(31,32)27-9-1-2-19(27)21(29)30/h3-8,11-12,19H,1-2,9-10H2,(H,26,28)(H,29,30). The van der Waals surface area contributed by atoms with E-state index >= 15 is 0 Å². The van der Waals surface area contributed by atoms with Crippen molar-refractivity contribution in [2.75, 3.05) is 6.54 Å². The van der Waals surface area contributed by atoms with Gasteiger partial charge in [0, 0.05) is 23.5 Å². The maximum Gasteiger partial charge on any atom is 0.417 e. The van der Waals surface area contributed by atoms with Crippen LogP contribution in [-0.4, -0.2) is 41.4 Å². The number of pyridine rings is 1. The first-order valence-corrected chi connectivity index (χ1v) is 11.5. The summed E-state index contributed by atoms with van der Waals surface area (Å²) in [6.45, 7) is 0.127. The lowest BCUT2D eigenvalue weighted by atomic mass is 10.0.